The zero-order valence-electron chi connectivity index (χ0n) is 24.0. The zero-order valence-corrected chi connectivity index (χ0v) is 24.0. The SMILES string of the molecule is CC.CCn1nccc1-c1ccc(CNC(=O)C2CC(O)CN2C(=O)C(C)C(C)C)c(C2CCNCC2)c1. The van der Waals surface area contributed by atoms with Crippen molar-refractivity contribution in [1.82, 2.24) is 25.3 Å². The summed E-state index contributed by atoms with van der Waals surface area (Å²) in [4.78, 5) is 27.8. The number of nitrogens with one attached hydrogen (secondary N) is 2. The van der Waals surface area contributed by atoms with Crippen LogP contribution in [0.2, 0.25) is 0 Å². The van der Waals surface area contributed by atoms with Crippen LogP contribution in [0.4, 0.5) is 0 Å². The van der Waals surface area contributed by atoms with E-state index in [1.165, 1.54) is 5.56 Å². The van der Waals surface area contributed by atoms with E-state index >= 15 is 0 Å². The summed E-state index contributed by atoms with van der Waals surface area (Å²) in [6.07, 6.45) is 3.56. The summed E-state index contributed by atoms with van der Waals surface area (Å²) in [5.41, 5.74) is 4.60. The average Bonchev–Trinajstić information content (AvgIpc) is 3.59. The quantitative estimate of drug-likeness (QED) is 0.485. The standard InChI is InChI=1S/C28H41N5O3.C2H6/c1-5-33-25(10-13-31-33)21-6-7-22(24(14-21)20-8-11-29-12-9-20)16-30-27(35)26-15-23(34)17-32(26)28(36)19(4)18(2)3;1-2/h6-7,10,13-14,18-20,23,26,29,34H,5,8-9,11-12,15-17H2,1-4H3,(H,30,35);1-2H3. The molecular formula is C30H47N5O3. The van der Waals surface area contributed by atoms with Gasteiger partial charge < -0.3 is 20.6 Å². The van der Waals surface area contributed by atoms with Crippen LogP contribution in [-0.4, -0.2) is 63.4 Å². The molecule has 2 aliphatic heterocycles. The Morgan fingerprint density at radius 1 is 1.16 bits per heavy atom. The van der Waals surface area contributed by atoms with E-state index in [9.17, 15) is 14.7 Å². The smallest absolute Gasteiger partial charge is 0.243 e. The normalized spacial score (nSPS) is 20.7. The van der Waals surface area contributed by atoms with Gasteiger partial charge in [0.1, 0.15) is 6.04 Å². The third-order valence-corrected chi connectivity index (χ3v) is 7.94. The van der Waals surface area contributed by atoms with E-state index in [2.05, 4.69) is 40.9 Å². The number of aliphatic hydroxyl groups is 1. The predicted octanol–water partition coefficient (Wildman–Crippen LogP) is 3.93. The highest BCUT2D eigenvalue weighted by Gasteiger charge is 2.40. The fraction of sp³-hybridized carbons (Fsp3) is 0.633. The maximum atomic E-state index is 13.3. The summed E-state index contributed by atoms with van der Waals surface area (Å²) >= 11 is 0. The van der Waals surface area contributed by atoms with Crippen LogP contribution < -0.4 is 10.6 Å². The lowest BCUT2D eigenvalue weighted by molar-refractivity contribution is -0.142. The number of benzene rings is 1. The van der Waals surface area contributed by atoms with Gasteiger partial charge in [-0.05, 0) is 68.0 Å². The number of aryl methyl sites for hydroxylation is 1. The first-order valence-corrected chi connectivity index (χ1v) is 14.4. The Balaban J connectivity index is 0.00000195. The van der Waals surface area contributed by atoms with E-state index in [4.69, 9.17) is 0 Å². The number of aliphatic hydroxyl groups excluding tert-OH is 1. The Morgan fingerprint density at radius 3 is 2.53 bits per heavy atom. The van der Waals surface area contributed by atoms with Gasteiger partial charge in [-0.2, -0.15) is 5.10 Å². The van der Waals surface area contributed by atoms with Crippen molar-refractivity contribution in [2.45, 2.75) is 92.0 Å². The number of carbonyl (C=O) groups is 2. The number of hydrogen-bond acceptors (Lipinski definition) is 5. The molecule has 0 radical (unpaired) electrons. The van der Waals surface area contributed by atoms with E-state index in [-0.39, 0.29) is 36.6 Å². The van der Waals surface area contributed by atoms with Gasteiger partial charge in [0.05, 0.1) is 11.8 Å². The summed E-state index contributed by atoms with van der Waals surface area (Å²) in [5, 5.41) is 21.2. The molecule has 2 aromatic rings. The van der Waals surface area contributed by atoms with Crippen LogP contribution in [0.25, 0.3) is 11.3 Å². The third kappa shape index (κ3) is 6.83. The van der Waals surface area contributed by atoms with Gasteiger partial charge in [0.25, 0.3) is 0 Å². The number of nitrogens with zero attached hydrogens (tertiary/aromatic N) is 3. The van der Waals surface area contributed by atoms with Crippen LogP contribution in [0, 0.1) is 11.8 Å². The molecule has 38 heavy (non-hydrogen) atoms. The molecule has 0 saturated carbocycles. The molecule has 1 aromatic carbocycles. The van der Waals surface area contributed by atoms with Crippen molar-refractivity contribution in [2.75, 3.05) is 19.6 Å². The third-order valence-electron chi connectivity index (χ3n) is 7.94. The molecule has 3 N–H and O–H groups in total. The second kappa shape index (κ2) is 13.9. The van der Waals surface area contributed by atoms with Crippen molar-refractivity contribution in [3.05, 3.63) is 41.6 Å². The van der Waals surface area contributed by atoms with Crippen LogP contribution in [0.1, 0.15) is 77.8 Å². The molecule has 2 aliphatic rings. The van der Waals surface area contributed by atoms with Crippen LogP contribution in [0.15, 0.2) is 30.5 Å². The van der Waals surface area contributed by atoms with Gasteiger partial charge in [0.15, 0.2) is 0 Å². The first kappa shape index (κ1) is 29.8. The Hall–Kier alpha value is -2.71. The Labute approximate surface area is 228 Å². The molecule has 3 atom stereocenters. The minimum atomic E-state index is -0.669. The van der Waals surface area contributed by atoms with E-state index in [1.807, 2.05) is 51.6 Å². The molecule has 8 heteroatoms. The fourth-order valence-electron chi connectivity index (χ4n) is 5.41. The lowest BCUT2D eigenvalue weighted by Crippen LogP contribution is -2.48. The molecule has 0 bridgehead atoms. The highest BCUT2D eigenvalue weighted by atomic mass is 16.3. The van der Waals surface area contributed by atoms with Gasteiger partial charge in [0, 0.05) is 43.7 Å². The number of β-amino-alcohol motifs (C(OH)–C–C–N with tert-alkyl or cyclic N) is 1. The summed E-state index contributed by atoms with van der Waals surface area (Å²) in [6.45, 7) is 15.4. The van der Waals surface area contributed by atoms with Crippen molar-refractivity contribution in [1.29, 1.82) is 0 Å². The van der Waals surface area contributed by atoms with Crippen molar-refractivity contribution in [3.8, 4) is 11.3 Å². The summed E-state index contributed by atoms with van der Waals surface area (Å²) in [7, 11) is 0. The molecule has 1 aromatic heterocycles. The molecule has 8 nitrogen and oxygen atoms in total. The molecule has 2 saturated heterocycles. The van der Waals surface area contributed by atoms with Crippen molar-refractivity contribution in [2.24, 2.45) is 11.8 Å². The number of carbonyl (C=O) groups excluding carboxylic acids is 2. The lowest BCUT2D eigenvalue weighted by atomic mass is 9.85. The number of likely N-dealkylation sites (tertiary alicyclic amines) is 1. The van der Waals surface area contributed by atoms with Crippen LogP contribution in [0.3, 0.4) is 0 Å². The number of piperidine rings is 1. The van der Waals surface area contributed by atoms with Gasteiger partial charge in [-0.3, -0.25) is 14.3 Å². The largest absolute Gasteiger partial charge is 0.391 e. The number of aromatic nitrogens is 2. The molecule has 3 heterocycles. The fourth-order valence-corrected chi connectivity index (χ4v) is 5.41. The maximum Gasteiger partial charge on any atom is 0.243 e. The van der Waals surface area contributed by atoms with Crippen molar-refractivity contribution < 1.29 is 14.7 Å². The van der Waals surface area contributed by atoms with E-state index < -0.39 is 12.1 Å². The van der Waals surface area contributed by atoms with E-state index in [0.29, 0.717) is 12.5 Å². The second-order valence-electron chi connectivity index (χ2n) is 10.6. The summed E-state index contributed by atoms with van der Waals surface area (Å²) in [6, 6.07) is 7.90. The van der Waals surface area contributed by atoms with Crippen molar-refractivity contribution in [3.63, 3.8) is 0 Å². The molecule has 210 valence electrons. The lowest BCUT2D eigenvalue weighted by Gasteiger charge is -2.29. The minimum Gasteiger partial charge on any atom is -0.391 e. The molecule has 4 rings (SSSR count). The zero-order chi connectivity index (χ0) is 27.8. The first-order chi connectivity index (χ1) is 18.3. The van der Waals surface area contributed by atoms with Gasteiger partial charge in [-0.25, -0.2) is 0 Å². The maximum absolute atomic E-state index is 13.3. The topological polar surface area (TPSA) is 99.5 Å². The van der Waals surface area contributed by atoms with Crippen LogP contribution in [-0.2, 0) is 22.7 Å². The minimum absolute atomic E-state index is 0.0611. The molecule has 0 spiro atoms. The molecule has 2 amide bonds. The summed E-state index contributed by atoms with van der Waals surface area (Å²) < 4.78 is 2.00. The predicted molar refractivity (Wildman–Crippen MR) is 152 cm³/mol. The number of hydrogen-bond donors (Lipinski definition) is 3. The highest BCUT2D eigenvalue weighted by molar-refractivity contribution is 5.89. The van der Waals surface area contributed by atoms with E-state index in [0.717, 1.165) is 49.3 Å². The number of amides is 2. The van der Waals surface area contributed by atoms with Crippen LogP contribution >= 0.6 is 0 Å². The Kier molecular flexibility index (Phi) is 10.9. The number of rotatable bonds is 8. The highest BCUT2D eigenvalue weighted by Crippen LogP contribution is 2.32. The first-order valence-electron chi connectivity index (χ1n) is 14.4. The monoisotopic (exact) mass is 525 g/mol. The van der Waals surface area contributed by atoms with Gasteiger partial charge >= 0.3 is 0 Å². The Bertz CT molecular complexity index is 1060. The van der Waals surface area contributed by atoms with Crippen molar-refractivity contribution >= 4 is 11.8 Å². The molecule has 2 fully saturated rings. The van der Waals surface area contributed by atoms with Gasteiger partial charge in [-0.1, -0.05) is 46.8 Å². The van der Waals surface area contributed by atoms with Crippen LogP contribution in [0.5, 0.6) is 0 Å². The molecule has 0 aliphatic carbocycles. The van der Waals surface area contributed by atoms with E-state index in [1.54, 1.807) is 4.90 Å². The molecular weight excluding hydrogens is 478 g/mol. The second-order valence-corrected chi connectivity index (χ2v) is 10.6. The average molecular weight is 526 g/mol. The molecule has 3 unspecified atom stereocenters. The van der Waals surface area contributed by atoms with Gasteiger partial charge in [0.2, 0.25) is 11.8 Å². The Morgan fingerprint density at radius 2 is 1.87 bits per heavy atom. The van der Waals surface area contributed by atoms with Gasteiger partial charge in [-0.15, -0.1) is 0 Å². The summed E-state index contributed by atoms with van der Waals surface area (Å²) in [5.74, 6) is 0.152.